The number of hydrogen-bond donors (Lipinski definition) is 0. The fourth-order valence-corrected chi connectivity index (χ4v) is 5.54. The number of rotatable bonds is 9. The van der Waals surface area contributed by atoms with Gasteiger partial charge < -0.3 is 4.74 Å². The molecule has 230 valence electrons. The number of nitrogens with zero attached hydrogens (tertiary/aromatic N) is 4. The number of imide groups is 1. The molecule has 1 heterocycles. The van der Waals surface area contributed by atoms with E-state index in [2.05, 4.69) is 0 Å². The number of non-ortho nitro benzene ring substituents is 2. The lowest BCUT2D eigenvalue weighted by Crippen LogP contribution is -2.52. The number of hydrogen-bond acceptors (Lipinski definition) is 10. The van der Waals surface area contributed by atoms with Crippen LogP contribution in [0.15, 0.2) is 72.8 Å². The Morgan fingerprint density at radius 3 is 1.84 bits per heavy atom. The average Bonchev–Trinajstić information content (AvgIpc) is 3.27. The first kappa shape index (κ1) is 30.7. The normalized spacial score (nSPS) is 19.0. The predicted molar refractivity (Wildman–Crippen MR) is 155 cm³/mol. The van der Waals surface area contributed by atoms with Crippen LogP contribution in [0.2, 0.25) is 0 Å². The molecular formula is C31H26N4O10. The highest BCUT2D eigenvalue weighted by atomic mass is 16.6. The number of carbonyl (C=O) groups excluding carboxylic acids is 5. The maximum absolute atomic E-state index is 13.7. The third-order valence-electron chi connectivity index (χ3n) is 7.96. The molecule has 5 rings (SSSR count). The van der Waals surface area contributed by atoms with Crippen LogP contribution in [0, 0.1) is 38.0 Å². The van der Waals surface area contributed by atoms with Gasteiger partial charge in [-0.2, -0.15) is 5.01 Å². The molecule has 3 amide bonds. The molecule has 0 N–H and O–H groups in total. The third-order valence-corrected chi connectivity index (χ3v) is 7.96. The molecule has 0 unspecified atom stereocenters. The number of hydrazine groups is 1. The molecule has 1 aliphatic carbocycles. The molecule has 3 aromatic rings. The molecule has 1 aliphatic heterocycles. The van der Waals surface area contributed by atoms with Crippen molar-refractivity contribution in [1.82, 2.24) is 10.0 Å². The Hall–Kier alpha value is -5.79. The second kappa shape index (κ2) is 12.4. The minimum Gasteiger partial charge on any atom is -0.423 e. The van der Waals surface area contributed by atoms with Crippen molar-refractivity contribution in [3.63, 3.8) is 0 Å². The summed E-state index contributed by atoms with van der Waals surface area (Å²) in [5.74, 6) is -4.39. The number of Topliss-reactive ketones (excluding diaryl/α,β-unsaturated/α-hetero) is 1. The molecule has 1 saturated heterocycles. The van der Waals surface area contributed by atoms with Crippen LogP contribution < -0.4 is 4.74 Å². The topological polar surface area (TPSA) is 187 Å². The summed E-state index contributed by atoms with van der Waals surface area (Å²) < 4.78 is 5.28. The fourth-order valence-electron chi connectivity index (χ4n) is 5.54. The van der Waals surface area contributed by atoms with Crippen LogP contribution in [0.3, 0.4) is 0 Å². The Balaban J connectivity index is 1.36. The summed E-state index contributed by atoms with van der Waals surface area (Å²) in [6, 6.07) is 14.7. The van der Waals surface area contributed by atoms with E-state index in [0.29, 0.717) is 12.8 Å². The van der Waals surface area contributed by atoms with Crippen LogP contribution >= 0.6 is 0 Å². The molecule has 1 saturated carbocycles. The molecule has 0 aromatic heterocycles. The lowest BCUT2D eigenvalue weighted by atomic mass is 9.76. The summed E-state index contributed by atoms with van der Waals surface area (Å²) in [6.45, 7) is 1.29. The van der Waals surface area contributed by atoms with E-state index in [1.807, 2.05) is 6.92 Å². The van der Waals surface area contributed by atoms with E-state index in [0.717, 1.165) is 40.7 Å². The van der Waals surface area contributed by atoms with Gasteiger partial charge in [0.25, 0.3) is 29.1 Å². The van der Waals surface area contributed by atoms with Crippen LogP contribution in [0.25, 0.3) is 0 Å². The quantitative estimate of drug-likeness (QED) is 0.0835. The summed E-state index contributed by atoms with van der Waals surface area (Å²) in [5, 5.41) is 23.5. The molecule has 0 radical (unpaired) electrons. The molecule has 3 aromatic carbocycles. The fraction of sp³-hybridized carbons (Fsp3) is 0.258. The van der Waals surface area contributed by atoms with E-state index in [1.165, 1.54) is 48.5 Å². The number of fused-ring (bicyclic) bond motifs is 1. The van der Waals surface area contributed by atoms with Crippen LogP contribution in [0.5, 0.6) is 5.75 Å². The minimum absolute atomic E-state index is 0.0641. The van der Waals surface area contributed by atoms with Gasteiger partial charge in [-0.25, -0.2) is 9.80 Å². The van der Waals surface area contributed by atoms with Crippen molar-refractivity contribution in [3.8, 4) is 5.75 Å². The van der Waals surface area contributed by atoms with Crippen molar-refractivity contribution in [2.45, 2.75) is 26.2 Å². The minimum atomic E-state index is -0.861. The zero-order chi connectivity index (χ0) is 32.4. The van der Waals surface area contributed by atoms with Crippen LogP contribution in [-0.2, 0) is 9.59 Å². The lowest BCUT2D eigenvalue weighted by Gasteiger charge is -2.30. The SMILES string of the molecule is C[C@@H]1CC[C@@H]2C(=O)N(N(CC(=O)c3ccc(OC(=O)c4ccc([N+](=O)[O-])cc4)cc3)C(=O)c3ccc([N+](=O)[O-])cc3)C(=O)[C@H]2C1. The number of amides is 3. The van der Waals surface area contributed by atoms with E-state index >= 15 is 0 Å². The van der Waals surface area contributed by atoms with Gasteiger partial charge in [0.1, 0.15) is 12.3 Å². The van der Waals surface area contributed by atoms with Gasteiger partial charge in [0.2, 0.25) is 0 Å². The number of carbonyl (C=O) groups is 5. The zero-order valence-electron chi connectivity index (χ0n) is 23.9. The van der Waals surface area contributed by atoms with E-state index in [-0.39, 0.29) is 39.7 Å². The average molecular weight is 615 g/mol. The zero-order valence-corrected chi connectivity index (χ0v) is 23.9. The Morgan fingerprint density at radius 2 is 1.29 bits per heavy atom. The molecule has 3 atom stereocenters. The van der Waals surface area contributed by atoms with Gasteiger partial charge in [0.15, 0.2) is 5.78 Å². The van der Waals surface area contributed by atoms with Gasteiger partial charge in [-0.15, -0.1) is 0 Å². The lowest BCUT2D eigenvalue weighted by molar-refractivity contribution is -0.385. The van der Waals surface area contributed by atoms with Crippen molar-refractivity contribution in [2.75, 3.05) is 6.54 Å². The van der Waals surface area contributed by atoms with Gasteiger partial charge in [0, 0.05) is 35.4 Å². The molecule has 2 fully saturated rings. The number of ether oxygens (including phenoxy) is 1. The number of nitro benzene ring substituents is 2. The highest BCUT2D eigenvalue weighted by molar-refractivity contribution is 6.09. The summed E-state index contributed by atoms with van der Waals surface area (Å²) >= 11 is 0. The van der Waals surface area contributed by atoms with Crippen molar-refractivity contribution in [3.05, 3.63) is 110 Å². The van der Waals surface area contributed by atoms with Crippen molar-refractivity contribution in [2.24, 2.45) is 17.8 Å². The Bertz CT molecular complexity index is 1700. The second-order valence-electron chi connectivity index (χ2n) is 10.9. The van der Waals surface area contributed by atoms with E-state index in [1.54, 1.807) is 0 Å². The number of esters is 1. The predicted octanol–water partition coefficient (Wildman–Crippen LogP) is 4.38. The number of ketones is 1. The van der Waals surface area contributed by atoms with Gasteiger partial charge in [-0.3, -0.25) is 39.4 Å². The molecule has 14 nitrogen and oxygen atoms in total. The standard InChI is InChI=1S/C31H26N4O10/c1-18-2-15-25-26(16-18)30(39)33(29(25)38)32(28(37)20-3-9-22(10-4-20)34(41)42)17-27(36)19-7-13-24(14-8-19)45-31(40)21-5-11-23(12-6-21)35(43)44/h3-14,18,25-26H,2,15-17H2,1H3/t18-,25+,26+/m1/s1. The summed E-state index contributed by atoms with van der Waals surface area (Å²) in [5.41, 5.74) is -0.378. The van der Waals surface area contributed by atoms with E-state index in [9.17, 15) is 44.2 Å². The maximum Gasteiger partial charge on any atom is 0.343 e. The summed E-state index contributed by atoms with van der Waals surface area (Å²) in [7, 11) is 0. The first-order valence-corrected chi connectivity index (χ1v) is 14.0. The Kier molecular flexibility index (Phi) is 8.48. The largest absolute Gasteiger partial charge is 0.423 e. The second-order valence-corrected chi connectivity index (χ2v) is 10.9. The first-order valence-electron chi connectivity index (χ1n) is 14.0. The van der Waals surface area contributed by atoms with E-state index < -0.39 is 57.7 Å². The van der Waals surface area contributed by atoms with Gasteiger partial charge in [0.05, 0.1) is 27.2 Å². The summed E-state index contributed by atoms with van der Waals surface area (Å²) in [4.78, 5) is 87.1. The monoisotopic (exact) mass is 614 g/mol. The number of benzene rings is 3. The van der Waals surface area contributed by atoms with Gasteiger partial charge in [-0.05, 0) is 73.7 Å². The van der Waals surface area contributed by atoms with Crippen molar-refractivity contribution in [1.29, 1.82) is 0 Å². The van der Waals surface area contributed by atoms with E-state index in [4.69, 9.17) is 4.74 Å². The van der Waals surface area contributed by atoms with Gasteiger partial charge >= 0.3 is 5.97 Å². The van der Waals surface area contributed by atoms with Crippen LogP contribution in [0.1, 0.15) is 57.3 Å². The molecular weight excluding hydrogens is 588 g/mol. The molecule has 0 spiro atoms. The highest BCUT2D eigenvalue weighted by Gasteiger charge is 2.52. The third kappa shape index (κ3) is 6.30. The number of nitro groups is 2. The molecule has 14 heteroatoms. The van der Waals surface area contributed by atoms with Crippen molar-refractivity contribution >= 4 is 40.8 Å². The molecule has 0 bridgehead atoms. The van der Waals surface area contributed by atoms with Crippen LogP contribution in [-0.4, -0.2) is 55.9 Å². The summed E-state index contributed by atoms with van der Waals surface area (Å²) in [6.07, 6.45) is 1.68. The molecule has 2 aliphatic rings. The molecule has 45 heavy (non-hydrogen) atoms. The highest BCUT2D eigenvalue weighted by Crippen LogP contribution is 2.41. The maximum atomic E-state index is 13.7. The van der Waals surface area contributed by atoms with Crippen LogP contribution in [0.4, 0.5) is 11.4 Å². The van der Waals surface area contributed by atoms with Gasteiger partial charge in [-0.1, -0.05) is 6.92 Å². The first-order chi connectivity index (χ1) is 21.4. The smallest absolute Gasteiger partial charge is 0.343 e. The Labute approximate surface area is 255 Å². The van der Waals surface area contributed by atoms with Crippen molar-refractivity contribution < 1.29 is 38.6 Å². The Morgan fingerprint density at radius 1 is 0.778 bits per heavy atom.